The van der Waals surface area contributed by atoms with Crippen LogP contribution in [0.3, 0.4) is 0 Å². The predicted molar refractivity (Wildman–Crippen MR) is 34.0 cm³/mol. The minimum absolute atomic E-state index is 0.516. The van der Waals surface area contributed by atoms with Gasteiger partial charge in [-0.15, -0.1) is 0 Å². The minimum atomic E-state index is 0.516. The number of aliphatic imine (C=N–C) groups is 1. The Bertz CT molecular complexity index is 105. The lowest BCUT2D eigenvalue weighted by molar-refractivity contribution is 1.43. The highest BCUT2D eigenvalue weighted by Crippen LogP contribution is 1.97. The normalized spacial score (nSPS) is 11.6. The van der Waals surface area contributed by atoms with Gasteiger partial charge in [0, 0.05) is 12.8 Å². The Kier molecular flexibility index (Phi) is 2.68. The van der Waals surface area contributed by atoms with Crippen molar-refractivity contribution in [2.24, 2.45) is 4.99 Å². The molecule has 0 atom stereocenters. The zero-order valence-corrected chi connectivity index (χ0v) is 5.29. The van der Waals surface area contributed by atoms with E-state index < -0.39 is 0 Å². The molecule has 0 fully saturated rings. The molecule has 0 saturated heterocycles. The molecule has 40 valence electrons. The molecule has 0 saturated carbocycles. The Morgan fingerprint density at radius 1 is 1.71 bits per heavy atom. The van der Waals surface area contributed by atoms with Crippen LogP contribution in [-0.4, -0.2) is 12.8 Å². The highest BCUT2D eigenvalue weighted by atomic mass is 35.5. The SMILES string of the molecule is C=C(Cl)/C(C)=N\C. The Morgan fingerprint density at radius 2 is 2.14 bits per heavy atom. The van der Waals surface area contributed by atoms with Crippen LogP contribution in [-0.2, 0) is 0 Å². The van der Waals surface area contributed by atoms with E-state index in [2.05, 4.69) is 11.6 Å². The Morgan fingerprint density at radius 3 is 2.14 bits per heavy atom. The zero-order valence-electron chi connectivity index (χ0n) is 4.53. The molecule has 0 N–H and O–H groups in total. The topological polar surface area (TPSA) is 12.4 Å². The highest BCUT2D eigenvalue weighted by Gasteiger charge is 1.86. The molecule has 0 spiro atoms. The van der Waals surface area contributed by atoms with Crippen LogP contribution in [0.25, 0.3) is 0 Å². The molecular weight excluding hydrogens is 110 g/mol. The van der Waals surface area contributed by atoms with Crippen molar-refractivity contribution in [2.75, 3.05) is 7.05 Å². The van der Waals surface area contributed by atoms with Gasteiger partial charge >= 0.3 is 0 Å². The van der Waals surface area contributed by atoms with E-state index in [-0.39, 0.29) is 0 Å². The van der Waals surface area contributed by atoms with Crippen molar-refractivity contribution in [1.29, 1.82) is 0 Å². The van der Waals surface area contributed by atoms with Gasteiger partial charge in [-0.25, -0.2) is 0 Å². The molecule has 2 heteroatoms. The third kappa shape index (κ3) is 2.40. The van der Waals surface area contributed by atoms with E-state index in [1.807, 2.05) is 6.92 Å². The van der Waals surface area contributed by atoms with Crippen LogP contribution in [0, 0.1) is 0 Å². The summed E-state index contributed by atoms with van der Waals surface area (Å²) in [6.07, 6.45) is 0. The maximum Gasteiger partial charge on any atom is 0.0541 e. The summed E-state index contributed by atoms with van der Waals surface area (Å²) in [5, 5.41) is 0.516. The lowest BCUT2D eigenvalue weighted by Gasteiger charge is -1.87. The average Bonchev–Trinajstić information content (AvgIpc) is 1.65. The standard InChI is InChI=1S/C5H8ClN/c1-4(6)5(2)7-3/h1H2,2-3H3/b7-5-. The lowest BCUT2D eigenvalue weighted by atomic mass is 10.4. The fourth-order valence-electron chi connectivity index (χ4n) is 0.121. The molecule has 0 radical (unpaired) electrons. The largest absolute Gasteiger partial charge is 0.292 e. The first-order chi connectivity index (χ1) is 3.18. The third-order valence-electron chi connectivity index (χ3n) is 0.728. The van der Waals surface area contributed by atoms with E-state index >= 15 is 0 Å². The number of hydrogen-bond acceptors (Lipinski definition) is 1. The van der Waals surface area contributed by atoms with Crippen molar-refractivity contribution < 1.29 is 0 Å². The van der Waals surface area contributed by atoms with E-state index in [1.54, 1.807) is 7.05 Å². The number of halogens is 1. The fourth-order valence-corrected chi connectivity index (χ4v) is 0.206. The van der Waals surface area contributed by atoms with Gasteiger partial charge in [-0.3, -0.25) is 4.99 Å². The number of allylic oxidation sites excluding steroid dienone is 1. The number of nitrogens with zero attached hydrogens (tertiary/aromatic N) is 1. The van der Waals surface area contributed by atoms with Gasteiger partial charge in [0.1, 0.15) is 0 Å². The lowest BCUT2D eigenvalue weighted by Crippen LogP contribution is -1.86. The molecule has 0 heterocycles. The van der Waals surface area contributed by atoms with Crippen molar-refractivity contribution in [3.8, 4) is 0 Å². The molecule has 0 amide bonds. The molecular formula is C5H8ClN. The summed E-state index contributed by atoms with van der Waals surface area (Å²) in [5.41, 5.74) is 0.793. The second-order valence-electron chi connectivity index (χ2n) is 1.21. The van der Waals surface area contributed by atoms with Crippen LogP contribution in [0.1, 0.15) is 6.92 Å². The van der Waals surface area contributed by atoms with E-state index in [0.29, 0.717) is 5.03 Å². The second kappa shape index (κ2) is 2.80. The van der Waals surface area contributed by atoms with E-state index in [9.17, 15) is 0 Å². The summed E-state index contributed by atoms with van der Waals surface area (Å²) in [4.78, 5) is 3.77. The van der Waals surface area contributed by atoms with Gasteiger partial charge in [0.05, 0.1) is 5.03 Å². The van der Waals surface area contributed by atoms with Gasteiger partial charge in [-0.2, -0.15) is 0 Å². The first-order valence-electron chi connectivity index (χ1n) is 1.96. The smallest absolute Gasteiger partial charge is 0.0541 e. The molecule has 0 aliphatic carbocycles. The summed E-state index contributed by atoms with van der Waals surface area (Å²) >= 11 is 5.40. The first kappa shape index (κ1) is 6.70. The second-order valence-corrected chi connectivity index (χ2v) is 1.67. The molecule has 0 aliphatic rings. The number of hydrogen-bond donors (Lipinski definition) is 0. The van der Waals surface area contributed by atoms with Gasteiger partial charge in [0.15, 0.2) is 0 Å². The Balaban J connectivity index is 3.82. The van der Waals surface area contributed by atoms with Gasteiger partial charge in [-0.1, -0.05) is 18.2 Å². The summed E-state index contributed by atoms with van der Waals surface area (Å²) in [7, 11) is 1.68. The molecule has 0 aromatic heterocycles. The summed E-state index contributed by atoms with van der Waals surface area (Å²) in [6, 6.07) is 0. The molecule has 0 unspecified atom stereocenters. The van der Waals surface area contributed by atoms with Gasteiger partial charge in [-0.05, 0) is 6.92 Å². The average molecular weight is 118 g/mol. The summed E-state index contributed by atoms with van der Waals surface area (Å²) < 4.78 is 0. The maximum atomic E-state index is 5.40. The molecule has 0 rings (SSSR count). The van der Waals surface area contributed by atoms with E-state index in [1.165, 1.54) is 0 Å². The van der Waals surface area contributed by atoms with Crippen LogP contribution in [0.15, 0.2) is 16.6 Å². The quantitative estimate of drug-likeness (QED) is 0.465. The van der Waals surface area contributed by atoms with Crippen LogP contribution in [0.5, 0.6) is 0 Å². The van der Waals surface area contributed by atoms with Crippen molar-refractivity contribution in [1.82, 2.24) is 0 Å². The maximum absolute atomic E-state index is 5.40. The molecule has 0 aliphatic heterocycles. The third-order valence-corrected chi connectivity index (χ3v) is 1.00. The van der Waals surface area contributed by atoms with E-state index in [4.69, 9.17) is 11.6 Å². The fraction of sp³-hybridized carbons (Fsp3) is 0.400. The molecule has 0 aromatic rings. The van der Waals surface area contributed by atoms with Crippen molar-refractivity contribution in [3.63, 3.8) is 0 Å². The van der Waals surface area contributed by atoms with Gasteiger partial charge < -0.3 is 0 Å². The summed E-state index contributed by atoms with van der Waals surface area (Å²) in [6.45, 7) is 5.28. The molecule has 0 aromatic carbocycles. The monoisotopic (exact) mass is 117 g/mol. The predicted octanol–water partition coefficient (Wildman–Crippen LogP) is 1.83. The van der Waals surface area contributed by atoms with Crippen molar-refractivity contribution >= 4 is 17.3 Å². The number of rotatable bonds is 1. The summed E-state index contributed by atoms with van der Waals surface area (Å²) in [5.74, 6) is 0. The molecule has 1 nitrogen and oxygen atoms in total. The zero-order chi connectivity index (χ0) is 5.86. The molecule has 7 heavy (non-hydrogen) atoms. The minimum Gasteiger partial charge on any atom is -0.292 e. The van der Waals surface area contributed by atoms with Crippen LogP contribution in [0.2, 0.25) is 0 Å². The Hall–Kier alpha value is -0.300. The van der Waals surface area contributed by atoms with Gasteiger partial charge in [0.2, 0.25) is 0 Å². The van der Waals surface area contributed by atoms with E-state index in [0.717, 1.165) is 5.71 Å². The highest BCUT2D eigenvalue weighted by molar-refractivity contribution is 6.42. The Labute approximate surface area is 48.7 Å². The van der Waals surface area contributed by atoms with Crippen molar-refractivity contribution in [3.05, 3.63) is 11.6 Å². The van der Waals surface area contributed by atoms with Crippen LogP contribution < -0.4 is 0 Å². The van der Waals surface area contributed by atoms with Gasteiger partial charge in [0.25, 0.3) is 0 Å². The van der Waals surface area contributed by atoms with Crippen LogP contribution in [0.4, 0.5) is 0 Å². The van der Waals surface area contributed by atoms with Crippen molar-refractivity contribution in [2.45, 2.75) is 6.92 Å². The van der Waals surface area contributed by atoms with Crippen LogP contribution >= 0.6 is 11.6 Å². The molecule has 0 bridgehead atoms. The first-order valence-corrected chi connectivity index (χ1v) is 2.34.